The zero-order chi connectivity index (χ0) is 10.6. The van der Waals surface area contributed by atoms with Crippen molar-refractivity contribution in [3.8, 4) is 0 Å². The molecule has 0 heterocycles. The molecule has 1 aromatic rings. The summed E-state index contributed by atoms with van der Waals surface area (Å²) >= 11 is 5.99. The Labute approximate surface area is 89.3 Å². The van der Waals surface area contributed by atoms with Crippen LogP contribution in [0.1, 0.15) is 24.8 Å². The predicted molar refractivity (Wildman–Crippen MR) is 58.3 cm³/mol. The minimum Gasteiger partial charge on any atom is -0.352 e. The van der Waals surface area contributed by atoms with Crippen molar-refractivity contribution in [1.82, 2.24) is 5.32 Å². The molecule has 0 fully saturated rings. The van der Waals surface area contributed by atoms with Gasteiger partial charge in [0.2, 0.25) is 5.91 Å². The SMILES string of the molecule is CC(C)NC(=O)[C@@H](Cl)c1ccccc1. The highest BCUT2D eigenvalue weighted by atomic mass is 35.5. The number of hydrogen-bond acceptors (Lipinski definition) is 1. The average molecular weight is 212 g/mol. The maximum Gasteiger partial charge on any atom is 0.242 e. The first kappa shape index (κ1) is 11.1. The van der Waals surface area contributed by atoms with Gasteiger partial charge in [0.05, 0.1) is 0 Å². The van der Waals surface area contributed by atoms with Crippen LogP contribution in [0.15, 0.2) is 30.3 Å². The number of rotatable bonds is 3. The monoisotopic (exact) mass is 211 g/mol. The highest BCUT2D eigenvalue weighted by molar-refractivity contribution is 6.30. The minimum atomic E-state index is -0.599. The number of benzene rings is 1. The second-order valence-electron chi connectivity index (χ2n) is 3.44. The maximum atomic E-state index is 11.5. The Morgan fingerprint density at radius 3 is 2.36 bits per heavy atom. The molecule has 76 valence electrons. The first-order chi connectivity index (χ1) is 6.61. The smallest absolute Gasteiger partial charge is 0.242 e. The van der Waals surface area contributed by atoms with Gasteiger partial charge in [0.15, 0.2) is 0 Å². The lowest BCUT2D eigenvalue weighted by atomic mass is 10.1. The average Bonchev–Trinajstić information content (AvgIpc) is 2.17. The summed E-state index contributed by atoms with van der Waals surface area (Å²) in [5, 5.41) is 2.17. The van der Waals surface area contributed by atoms with Crippen LogP contribution in [0.2, 0.25) is 0 Å². The van der Waals surface area contributed by atoms with Gasteiger partial charge in [-0.1, -0.05) is 30.3 Å². The Hall–Kier alpha value is -1.02. The van der Waals surface area contributed by atoms with Gasteiger partial charge >= 0.3 is 0 Å². The van der Waals surface area contributed by atoms with Crippen LogP contribution in [0, 0.1) is 0 Å². The van der Waals surface area contributed by atoms with E-state index < -0.39 is 5.38 Å². The van der Waals surface area contributed by atoms with Gasteiger partial charge in [0.1, 0.15) is 5.38 Å². The Balaban J connectivity index is 2.66. The third kappa shape index (κ3) is 3.04. The molecule has 1 N–H and O–H groups in total. The van der Waals surface area contributed by atoms with Crippen molar-refractivity contribution >= 4 is 17.5 Å². The summed E-state index contributed by atoms with van der Waals surface area (Å²) in [6, 6.07) is 9.44. The number of nitrogens with one attached hydrogen (secondary N) is 1. The maximum absolute atomic E-state index is 11.5. The minimum absolute atomic E-state index is 0.118. The van der Waals surface area contributed by atoms with E-state index in [2.05, 4.69) is 5.32 Å². The number of carbonyl (C=O) groups is 1. The van der Waals surface area contributed by atoms with Crippen LogP contribution in [-0.2, 0) is 4.79 Å². The fourth-order valence-corrected chi connectivity index (χ4v) is 1.34. The molecule has 0 aliphatic carbocycles. The first-order valence-corrected chi connectivity index (χ1v) is 5.04. The largest absolute Gasteiger partial charge is 0.352 e. The molecule has 0 bridgehead atoms. The van der Waals surface area contributed by atoms with E-state index in [1.165, 1.54) is 0 Å². The fourth-order valence-electron chi connectivity index (χ4n) is 1.13. The Morgan fingerprint density at radius 1 is 1.29 bits per heavy atom. The van der Waals surface area contributed by atoms with Crippen molar-refractivity contribution in [3.63, 3.8) is 0 Å². The number of amides is 1. The van der Waals surface area contributed by atoms with Crippen molar-refractivity contribution in [3.05, 3.63) is 35.9 Å². The zero-order valence-electron chi connectivity index (χ0n) is 8.33. The molecule has 0 radical (unpaired) electrons. The molecule has 1 rings (SSSR count). The molecule has 1 aromatic carbocycles. The van der Waals surface area contributed by atoms with E-state index >= 15 is 0 Å². The van der Waals surface area contributed by atoms with E-state index in [0.717, 1.165) is 5.56 Å². The predicted octanol–water partition coefficient (Wildman–Crippen LogP) is 2.49. The summed E-state index contributed by atoms with van der Waals surface area (Å²) in [5.74, 6) is -0.145. The molecule has 0 aliphatic heterocycles. The summed E-state index contributed by atoms with van der Waals surface area (Å²) in [6.07, 6.45) is 0. The quantitative estimate of drug-likeness (QED) is 0.765. The van der Waals surface area contributed by atoms with Crippen LogP contribution in [0.25, 0.3) is 0 Å². The number of alkyl halides is 1. The van der Waals surface area contributed by atoms with Crippen molar-refractivity contribution in [2.45, 2.75) is 25.3 Å². The fraction of sp³-hybridized carbons (Fsp3) is 0.364. The van der Waals surface area contributed by atoms with E-state index in [0.29, 0.717) is 0 Å². The molecule has 0 saturated carbocycles. The van der Waals surface area contributed by atoms with Gasteiger partial charge in [-0.2, -0.15) is 0 Å². The van der Waals surface area contributed by atoms with Crippen LogP contribution < -0.4 is 5.32 Å². The molecule has 14 heavy (non-hydrogen) atoms. The Bertz CT molecular complexity index is 297. The van der Waals surface area contributed by atoms with Crippen LogP contribution in [0.3, 0.4) is 0 Å². The lowest BCUT2D eigenvalue weighted by molar-refractivity contribution is -0.121. The van der Waals surface area contributed by atoms with E-state index in [1.807, 2.05) is 44.2 Å². The van der Waals surface area contributed by atoms with Gasteiger partial charge in [-0.05, 0) is 19.4 Å². The summed E-state index contributed by atoms with van der Waals surface area (Å²) in [6.45, 7) is 3.82. The van der Waals surface area contributed by atoms with Gasteiger partial charge in [0.25, 0.3) is 0 Å². The molecule has 0 saturated heterocycles. The molecule has 0 aliphatic rings. The van der Waals surface area contributed by atoms with E-state index in [9.17, 15) is 4.79 Å². The molecule has 2 nitrogen and oxygen atoms in total. The molecule has 1 amide bonds. The highest BCUT2D eigenvalue weighted by Gasteiger charge is 2.17. The third-order valence-corrected chi connectivity index (χ3v) is 2.20. The topological polar surface area (TPSA) is 29.1 Å². The standard InChI is InChI=1S/C11H14ClNO/c1-8(2)13-11(14)10(12)9-6-4-3-5-7-9/h3-8,10H,1-2H3,(H,13,14)/t10-/m0/s1. The normalized spacial score (nSPS) is 12.6. The molecular weight excluding hydrogens is 198 g/mol. The number of carbonyl (C=O) groups excluding carboxylic acids is 1. The Kier molecular flexibility index (Phi) is 3.96. The van der Waals surface area contributed by atoms with Gasteiger partial charge in [-0.3, -0.25) is 4.79 Å². The molecule has 0 unspecified atom stereocenters. The van der Waals surface area contributed by atoms with Gasteiger partial charge in [-0.15, -0.1) is 11.6 Å². The summed E-state index contributed by atoms with van der Waals surface area (Å²) in [5.41, 5.74) is 0.826. The van der Waals surface area contributed by atoms with Crippen LogP contribution in [0.4, 0.5) is 0 Å². The van der Waals surface area contributed by atoms with Crippen LogP contribution >= 0.6 is 11.6 Å². The van der Waals surface area contributed by atoms with Crippen LogP contribution in [0.5, 0.6) is 0 Å². The van der Waals surface area contributed by atoms with Crippen molar-refractivity contribution in [1.29, 1.82) is 0 Å². The molecule has 1 atom stereocenters. The van der Waals surface area contributed by atoms with Crippen molar-refractivity contribution in [2.24, 2.45) is 0 Å². The lowest BCUT2D eigenvalue weighted by Crippen LogP contribution is -2.32. The summed E-state index contributed by atoms with van der Waals surface area (Å²) < 4.78 is 0. The zero-order valence-corrected chi connectivity index (χ0v) is 9.08. The summed E-state index contributed by atoms with van der Waals surface area (Å²) in [4.78, 5) is 11.5. The summed E-state index contributed by atoms with van der Waals surface area (Å²) in [7, 11) is 0. The Morgan fingerprint density at radius 2 is 1.86 bits per heavy atom. The number of halogens is 1. The molecule has 0 spiro atoms. The highest BCUT2D eigenvalue weighted by Crippen LogP contribution is 2.19. The van der Waals surface area contributed by atoms with Gasteiger partial charge in [0, 0.05) is 6.04 Å². The van der Waals surface area contributed by atoms with E-state index in [-0.39, 0.29) is 11.9 Å². The second-order valence-corrected chi connectivity index (χ2v) is 3.87. The van der Waals surface area contributed by atoms with E-state index in [1.54, 1.807) is 0 Å². The molecule has 3 heteroatoms. The lowest BCUT2D eigenvalue weighted by Gasteiger charge is -2.12. The van der Waals surface area contributed by atoms with Gasteiger partial charge < -0.3 is 5.32 Å². The second kappa shape index (κ2) is 5.01. The number of hydrogen-bond donors (Lipinski definition) is 1. The van der Waals surface area contributed by atoms with Gasteiger partial charge in [-0.25, -0.2) is 0 Å². The third-order valence-electron chi connectivity index (χ3n) is 1.75. The van der Waals surface area contributed by atoms with Crippen molar-refractivity contribution < 1.29 is 4.79 Å². The van der Waals surface area contributed by atoms with Crippen LogP contribution in [-0.4, -0.2) is 11.9 Å². The van der Waals surface area contributed by atoms with E-state index in [4.69, 9.17) is 11.6 Å². The first-order valence-electron chi connectivity index (χ1n) is 4.60. The van der Waals surface area contributed by atoms with Crippen molar-refractivity contribution in [2.75, 3.05) is 0 Å². The molecule has 0 aromatic heterocycles. The molecular formula is C11H14ClNO.